The van der Waals surface area contributed by atoms with Crippen molar-refractivity contribution >= 4 is 27.7 Å². The van der Waals surface area contributed by atoms with Crippen molar-refractivity contribution in [2.24, 2.45) is 0 Å². The molecule has 0 fully saturated rings. The maximum absolute atomic E-state index is 12.1. The number of methoxy groups -OCH3 is 2. The third-order valence-electron chi connectivity index (χ3n) is 2.51. The summed E-state index contributed by atoms with van der Waals surface area (Å²) in [4.78, 5) is 16.2. The molecule has 0 bridgehead atoms. The summed E-state index contributed by atoms with van der Waals surface area (Å²) in [6, 6.07) is 1.71. The quantitative estimate of drug-likeness (QED) is 0.787. The lowest BCUT2D eigenvalue weighted by molar-refractivity contribution is 0.0285. The van der Waals surface area contributed by atoms with Gasteiger partial charge in [0.2, 0.25) is 0 Å². The number of amides is 1. The Morgan fingerprint density at radius 2 is 2.26 bits per heavy atom. The first-order valence-electron chi connectivity index (χ1n) is 5.75. The number of rotatable bonds is 7. The molecule has 0 aromatic carbocycles. The number of aromatic nitrogens is 1. The molecule has 19 heavy (non-hydrogen) atoms. The van der Waals surface area contributed by atoms with Crippen LogP contribution in [0.15, 0.2) is 16.7 Å². The Bertz CT molecular complexity index is 429. The first-order valence-corrected chi connectivity index (χ1v) is 6.54. The molecular formula is C12H18BrN3O3. The van der Waals surface area contributed by atoms with Crippen molar-refractivity contribution in [2.45, 2.75) is 6.10 Å². The Kier molecular flexibility index (Phi) is 6.75. The third kappa shape index (κ3) is 4.77. The summed E-state index contributed by atoms with van der Waals surface area (Å²) in [5, 5.41) is 5.67. The monoisotopic (exact) mass is 331 g/mol. The average molecular weight is 332 g/mol. The number of pyridine rings is 1. The second-order valence-electron chi connectivity index (χ2n) is 3.82. The number of carbonyl (C=O) groups excluding carboxylic acids is 1. The molecule has 6 nitrogen and oxygen atoms in total. The summed E-state index contributed by atoms with van der Waals surface area (Å²) < 4.78 is 10.9. The van der Waals surface area contributed by atoms with Gasteiger partial charge in [-0.2, -0.15) is 0 Å². The minimum atomic E-state index is -0.212. The highest BCUT2D eigenvalue weighted by molar-refractivity contribution is 9.10. The number of ether oxygens (including phenoxy) is 2. The van der Waals surface area contributed by atoms with E-state index in [4.69, 9.17) is 9.47 Å². The number of halogens is 1. The van der Waals surface area contributed by atoms with Gasteiger partial charge in [-0.15, -0.1) is 0 Å². The third-order valence-corrected chi connectivity index (χ3v) is 2.95. The SMILES string of the molecule is CNc1ncc(Br)cc1C(=O)NCC(COC)OC. The highest BCUT2D eigenvalue weighted by Crippen LogP contribution is 2.17. The van der Waals surface area contributed by atoms with Crippen LogP contribution in [0.25, 0.3) is 0 Å². The number of hydrogen-bond acceptors (Lipinski definition) is 5. The van der Waals surface area contributed by atoms with E-state index in [1.807, 2.05) is 0 Å². The van der Waals surface area contributed by atoms with Gasteiger partial charge in [-0.3, -0.25) is 4.79 Å². The van der Waals surface area contributed by atoms with Crippen LogP contribution in [0.2, 0.25) is 0 Å². The number of nitrogens with zero attached hydrogens (tertiary/aromatic N) is 1. The average Bonchev–Trinajstić information content (AvgIpc) is 2.43. The van der Waals surface area contributed by atoms with Gasteiger partial charge in [0.05, 0.1) is 18.3 Å². The molecule has 1 rings (SSSR count). The van der Waals surface area contributed by atoms with Crippen LogP contribution in [0.1, 0.15) is 10.4 Å². The zero-order valence-electron chi connectivity index (χ0n) is 11.2. The van der Waals surface area contributed by atoms with Gasteiger partial charge in [0.1, 0.15) is 5.82 Å². The second-order valence-corrected chi connectivity index (χ2v) is 4.74. The molecule has 1 heterocycles. The fourth-order valence-electron chi connectivity index (χ4n) is 1.51. The number of anilines is 1. The fourth-order valence-corrected chi connectivity index (χ4v) is 1.84. The highest BCUT2D eigenvalue weighted by atomic mass is 79.9. The lowest BCUT2D eigenvalue weighted by atomic mass is 10.2. The van der Waals surface area contributed by atoms with Crippen LogP contribution >= 0.6 is 15.9 Å². The van der Waals surface area contributed by atoms with E-state index in [9.17, 15) is 4.79 Å². The van der Waals surface area contributed by atoms with Crippen LogP contribution < -0.4 is 10.6 Å². The van der Waals surface area contributed by atoms with E-state index >= 15 is 0 Å². The molecule has 1 atom stereocenters. The van der Waals surface area contributed by atoms with E-state index in [-0.39, 0.29) is 12.0 Å². The molecule has 0 aliphatic heterocycles. The van der Waals surface area contributed by atoms with Gasteiger partial charge in [-0.1, -0.05) is 0 Å². The van der Waals surface area contributed by atoms with Crippen LogP contribution in [0.5, 0.6) is 0 Å². The lowest BCUT2D eigenvalue weighted by Gasteiger charge is -2.15. The minimum Gasteiger partial charge on any atom is -0.382 e. The van der Waals surface area contributed by atoms with Gasteiger partial charge in [-0.05, 0) is 22.0 Å². The number of carbonyl (C=O) groups is 1. The fraction of sp³-hybridized carbons (Fsp3) is 0.500. The van der Waals surface area contributed by atoms with E-state index < -0.39 is 0 Å². The normalized spacial score (nSPS) is 12.0. The Morgan fingerprint density at radius 1 is 1.53 bits per heavy atom. The molecule has 1 aromatic heterocycles. The molecule has 0 aliphatic carbocycles. The van der Waals surface area contributed by atoms with Gasteiger partial charge in [0.15, 0.2) is 0 Å². The predicted molar refractivity (Wildman–Crippen MR) is 76.5 cm³/mol. The number of nitrogens with one attached hydrogen (secondary N) is 2. The van der Waals surface area contributed by atoms with E-state index in [0.717, 1.165) is 4.47 Å². The van der Waals surface area contributed by atoms with E-state index in [1.54, 1.807) is 33.5 Å². The van der Waals surface area contributed by atoms with Gasteiger partial charge in [0, 0.05) is 38.5 Å². The van der Waals surface area contributed by atoms with Crippen molar-refractivity contribution in [1.29, 1.82) is 0 Å². The molecule has 7 heteroatoms. The first-order chi connectivity index (χ1) is 9.12. The maximum Gasteiger partial charge on any atom is 0.255 e. The van der Waals surface area contributed by atoms with Crippen molar-refractivity contribution < 1.29 is 14.3 Å². The summed E-state index contributed by atoms with van der Waals surface area (Å²) >= 11 is 3.30. The van der Waals surface area contributed by atoms with E-state index in [1.165, 1.54) is 0 Å². The zero-order chi connectivity index (χ0) is 14.3. The van der Waals surface area contributed by atoms with Gasteiger partial charge in [-0.25, -0.2) is 4.98 Å². The smallest absolute Gasteiger partial charge is 0.255 e. The highest BCUT2D eigenvalue weighted by Gasteiger charge is 2.14. The Morgan fingerprint density at radius 3 is 2.84 bits per heavy atom. The Labute approximate surface area is 121 Å². The summed E-state index contributed by atoms with van der Waals surface area (Å²) in [7, 11) is 4.89. The van der Waals surface area contributed by atoms with Crippen LogP contribution in [0.3, 0.4) is 0 Å². The van der Waals surface area contributed by atoms with Crippen molar-refractivity contribution in [3.63, 3.8) is 0 Å². The van der Waals surface area contributed by atoms with Gasteiger partial charge in [0.25, 0.3) is 5.91 Å². The molecule has 0 radical (unpaired) electrons. The summed E-state index contributed by atoms with van der Waals surface area (Å²) in [6.07, 6.45) is 1.46. The molecule has 0 saturated carbocycles. The lowest BCUT2D eigenvalue weighted by Crippen LogP contribution is -2.35. The summed E-state index contributed by atoms with van der Waals surface area (Å²) in [5.41, 5.74) is 0.476. The molecule has 1 unspecified atom stereocenters. The summed E-state index contributed by atoms with van der Waals surface area (Å²) in [5.74, 6) is 0.317. The van der Waals surface area contributed by atoms with Crippen LogP contribution in [0, 0.1) is 0 Å². The second kappa shape index (κ2) is 8.08. The molecule has 1 amide bonds. The topological polar surface area (TPSA) is 72.5 Å². The van der Waals surface area contributed by atoms with Crippen LogP contribution in [-0.2, 0) is 9.47 Å². The van der Waals surface area contributed by atoms with Crippen LogP contribution in [-0.4, -0.2) is 51.4 Å². The predicted octanol–water partition coefficient (Wildman–Crippen LogP) is 1.28. The molecule has 2 N–H and O–H groups in total. The maximum atomic E-state index is 12.1. The molecule has 106 valence electrons. The van der Waals surface area contributed by atoms with E-state index in [2.05, 4.69) is 31.5 Å². The standard InChI is InChI=1S/C12H18BrN3O3/c1-14-11-10(4-8(13)5-15-11)12(17)16-6-9(19-3)7-18-2/h4-5,9H,6-7H2,1-3H3,(H,14,15)(H,16,17). The molecule has 0 spiro atoms. The Balaban J connectivity index is 2.69. The van der Waals surface area contributed by atoms with Gasteiger partial charge >= 0.3 is 0 Å². The zero-order valence-corrected chi connectivity index (χ0v) is 12.8. The van der Waals surface area contributed by atoms with Crippen molar-refractivity contribution in [2.75, 3.05) is 39.7 Å². The van der Waals surface area contributed by atoms with Crippen LogP contribution in [0.4, 0.5) is 5.82 Å². The van der Waals surface area contributed by atoms with Crippen molar-refractivity contribution in [1.82, 2.24) is 10.3 Å². The van der Waals surface area contributed by atoms with Crippen molar-refractivity contribution in [3.8, 4) is 0 Å². The largest absolute Gasteiger partial charge is 0.382 e. The van der Waals surface area contributed by atoms with Gasteiger partial charge < -0.3 is 20.1 Å². The van der Waals surface area contributed by atoms with Crippen molar-refractivity contribution in [3.05, 3.63) is 22.3 Å². The molecule has 0 saturated heterocycles. The molecular weight excluding hydrogens is 314 g/mol. The Hall–Kier alpha value is -1.18. The summed E-state index contributed by atoms with van der Waals surface area (Å²) in [6.45, 7) is 0.797. The first kappa shape index (κ1) is 15.9. The number of hydrogen-bond donors (Lipinski definition) is 2. The molecule has 1 aromatic rings. The minimum absolute atomic E-state index is 0.174. The molecule has 0 aliphatic rings. The van der Waals surface area contributed by atoms with E-state index in [0.29, 0.717) is 24.5 Å².